The first-order valence-corrected chi connectivity index (χ1v) is 8.58. The van der Waals surface area contributed by atoms with Gasteiger partial charge in [-0.3, -0.25) is 0 Å². The molecule has 0 bridgehead atoms. The molecule has 0 unspecified atom stereocenters. The second kappa shape index (κ2) is 4.27. The fourth-order valence-electron chi connectivity index (χ4n) is 1.42. The summed E-state index contributed by atoms with van der Waals surface area (Å²) in [5.41, 5.74) is 2.26. The Bertz CT molecular complexity index is 353. The molecule has 0 fully saturated rings. The van der Waals surface area contributed by atoms with E-state index in [2.05, 4.69) is 32.6 Å². The Morgan fingerprint density at radius 3 is 1.87 bits per heavy atom. The number of hydrogen-bond acceptors (Lipinski definition) is 2. The summed E-state index contributed by atoms with van der Waals surface area (Å²) < 4.78 is 11.3. The molecule has 2 nitrogen and oxygen atoms in total. The third kappa shape index (κ3) is 3.27. The zero-order chi connectivity index (χ0) is 11.6. The molecule has 0 saturated heterocycles. The van der Waals surface area contributed by atoms with Crippen LogP contribution in [-0.2, 0) is 0 Å². The van der Waals surface area contributed by atoms with Gasteiger partial charge in [-0.05, 0) is 56.7 Å². The molecule has 15 heavy (non-hydrogen) atoms. The molecule has 0 aliphatic rings. The molecule has 0 N–H and O–H groups in total. The van der Waals surface area contributed by atoms with Crippen LogP contribution < -0.4 is 9.16 Å². The van der Waals surface area contributed by atoms with Crippen LogP contribution in [0, 0.1) is 13.8 Å². The van der Waals surface area contributed by atoms with Crippen LogP contribution in [0.3, 0.4) is 0 Å². The molecular formula is C12H20O2Si. The molecule has 0 aliphatic carbocycles. The van der Waals surface area contributed by atoms with Crippen LogP contribution in [0.15, 0.2) is 12.1 Å². The minimum atomic E-state index is -1.52. The van der Waals surface area contributed by atoms with Crippen LogP contribution in [0.4, 0.5) is 0 Å². The maximum atomic E-state index is 6.00. The highest BCUT2D eigenvalue weighted by molar-refractivity contribution is 6.70. The molecule has 1 rings (SSSR count). The molecule has 1 aromatic carbocycles. The SMILES string of the molecule is COc1cc(C)c(O[Si](C)(C)C)cc1C. The van der Waals surface area contributed by atoms with Crippen LogP contribution in [0.1, 0.15) is 11.1 Å². The predicted octanol–water partition coefficient (Wildman–Crippen LogP) is 3.53. The monoisotopic (exact) mass is 224 g/mol. The third-order valence-corrected chi connectivity index (χ3v) is 2.94. The number of ether oxygens (including phenoxy) is 1. The van der Waals surface area contributed by atoms with Crippen molar-refractivity contribution in [1.29, 1.82) is 0 Å². The molecule has 84 valence electrons. The molecule has 1 aromatic rings. The Balaban J connectivity index is 3.05. The van der Waals surface area contributed by atoms with Crippen molar-refractivity contribution in [2.45, 2.75) is 33.5 Å². The highest BCUT2D eigenvalue weighted by atomic mass is 28.4. The van der Waals surface area contributed by atoms with Gasteiger partial charge in [0.05, 0.1) is 7.11 Å². The van der Waals surface area contributed by atoms with E-state index in [9.17, 15) is 0 Å². The van der Waals surface area contributed by atoms with Gasteiger partial charge in [0, 0.05) is 0 Å². The fourth-order valence-corrected chi connectivity index (χ4v) is 2.30. The van der Waals surface area contributed by atoms with Crippen molar-refractivity contribution < 1.29 is 9.16 Å². The van der Waals surface area contributed by atoms with E-state index in [1.165, 1.54) is 0 Å². The first kappa shape index (κ1) is 12.1. The first-order valence-electron chi connectivity index (χ1n) is 5.18. The van der Waals surface area contributed by atoms with Gasteiger partial charge in [0.1, 0.15) is 11.5 Å². The highest BCUT2D eigenvalue weighted by Gasteiger charge is 2.18. The van der Waals surface area contributed by atoms with Gasteiger partial charge in [-0.2, -0.15) is 0 Å². The molecule has 3 heteroatoms. The van der Waals surface area contributed by atoms with Crippen LogP contribution in [0.25, 0.3) is 0 Å². The van der Waals surface area contributed by atoms with Crippen LogP contribution in [0.2, 0.25) is 19.6 Å². The number of rotatable bonds is 3. The Hall–Kier alpha value is -0.963. The maximum absolute atomic E-state index is 6.00. The van der Waals surface area contributed by atoms with Crippen molar-refractivity contribution in [1.82, 2.24) is 0 Å². The molecule has 0 radical (unpaired) electrons. The molecule has 0 saturated carbocycles. The largest absolute Gasteiger partial charge is 0.544 e. The molecule has 0 amide bonds. The van der Waals surface area contributed by atoms with Gasteiger partial charge in [0.2, 0.25) is 8.32 Å². The topological polar surface area (TPSA) is 18.5 Å². The van der Waals surface area contributed by atoms with Gasteiger partial charge < -0.3 is 9.16 Å². The second-order valence-electron chi connectivity index (χ2n) is 4.80. The van der Waals surface area contributed by atoms with Crippen molar-refractivity contribution in [2.75, 3.05) is 7.11 Å². The van der Waals surface area contributed by atoms with Crippen LogP contribution in [-0.4, -0.2) is 15.4 Å². The highest BCUT2D eigenvalue weighted by Crippen LogP contribution is 2.29. The summed E-state index contributed by atoms with van der Waals surface area (Å²) in [6.07, 6.45) is 0. The van der Waals surface area contributed by atoms with E-state index in [-0.39, 0.29) is 0 Å². The van der Waals surface area contributed by atoms with Crippen molar-refractivity contribution in [3.63, 3.8) is 0 Å². The van der Waals surface area contributed by atoms with Gasteiger partial charge in [0.15, 0.2) is 0 Å². The summed E-state index contributed by atoms with van der Waals surface area (Å²) in [6, 6.07) is 4.09. The Morgan fingerprint density at radius 1 is 0.933 bits per heavy atom. The van der Waals surface area contributed by atoms with Crippen molar-refractivity contribution >= 4 is 8.32 Å². The van der Waals surface area contributed by atoms with E-state index < -0.39 is 8.32 Å². The summed E-state index contributed by atoms with van der Waals surface area (Å²) in [4.78, 5) is 0. The Kier molecular flexibility index (Phi) is 3.45. The summed E-state index contributed by atoms with van der Waals surface area (Å²) in [5.74, 6) is 1.92. The van der Waals surface area contributed by atoms with E-state index in [4.69, 9.17) is 9.16 Å². The van der Waals surface area contributed by atoms with Gasteiger partial charge in [-0.25, -0.2) is 0 Å². The minimum absolute atomic E-state index is 0.926. The number of benzene rings is 1. The maximum Gasteiger partial charge on any atom is 0.242 e. The molecule has 0 aromatic heterocycles. The number of hydrogen-bond donors (Lipinski definition) is 0. The summed E-state index contributed by atoms with van der Waals surface area (Å²) >= 11 is 0. The Morgan fingerprint density at radius 2 is 1.40 bits per heavy atom. The van der Waals surface area contributed by atoms with E-state index in [1.54, 1.807) is 7.11 Å². The average molecular weight is 224 g/mol. The van der Waals surface area contributed by atoms with Gasteiger partial charge in [-0.1, -0.05) is 0 Å². The standard InChI is InChI=1S/C12H20O2Si/c1-9-8-12(14-15(4,5)6)10(2)7-11(9)13-3/h7-8H,1-6H3. The quantitative estimate of drug-likeness (QED) is 0.731. The lowest BCUT2D eigenvalue weighted by atomic mass is 10.1. The van der Waals surface area contributed by atoms with Crippen molar-refractivity contribution in [3.8, 4) is 11.5 Å². The van der Waals surface area contributed by atoms with Crippen molar-refractivity contribution in [2.24, 2.45) is 0 Å². The average Bonchev–Trinajstić information content (AvgIpc) is 2.08. The molecule has 0 atom stereocenters. The van der Waals surface area contributed by atoms with E-state index in [0.29, 0.717) is 0 Å². The van der Waals surface area contributed by atoms with Crippen LogP contribution in [0.5, 0.6) is 11.5 Å². The third-order valence-electron chi connectivity index (χ3n) is 2.11. The lowest BCUT2D eigenvalue weighted by Crippen LogP contribution is -2.29. The number of methoxy groups -OCH3 is 1. The molecule has 0 spiro atoms. The summed E-state index contributed by atoms with van der Waals surface area (Å²) in [5, 5.41) is 0. The summed E-state index contributed by atoms with van der Waals surface area (Å²) in [7, 11) is 0.174. The van der Waals surface area contributed by atoms with E-state index >= 15 is 0 Å². The zero-order valence-electron chi connectivity index (χ0n) is 10.5. The normalized spacial score (nSPS) is 11.3. The van der Waals surface area contributed by atoms with Gasteiger partial charge in [0.25, 0.3) is 0 Å². The Labute approximate surface area is 93.4 Å². The zero-order valence-corrected chi connectivity index (χ0v) is 11.5. The number of aryl methyl sites for hydroxylation is 2. The predicted molar refractivity (Wildman–Crippen MR) is 66.4 cm³/mol. The van der Waals surface area contributed by atoms with Gasteiger partial charge in [-0.15, -0.1) is 0 Å². The molecule has 0 aliphatic heterocycles. The van der Waals surface area contributed by atoms with Crippen LogP contribution >= 0.6 is 0 Å². The first-order chi connectivity index (χ1) is 6.83. The molecule has 0 heterocycles. The fraction of sp³-hybridized carbons (Fsp3) is 0.500. The van der Waals surface area contributed by atoms with E-state index in [0.717, 1.165) is 22.6 Å². The van der Waals surface area contributed by atoms with Crippen molar-refractivity contribution in [3.05, 3.63) is 23.3 Å². The van der Waals surface area contributed by atoms with E-state index in [1.807, 2.05) is 13.0 Å². The lowest BCUT2D eigenvalue weighted by Gasteiger charge is -2.21. The van der Waals surface area contributed by atoms with Gasteiger partial charge >= 0.3 is 0 Å². The second-order valence-corrected chi connectivity index (χ2v) is 9.23. The minimum Gasteiger partial charge on any atom is -0.544 e. The smallest absolute Gasteiger partial charge is 0.242 e. The lowest BCUT2D eigenvalue weighted by molar-refractivity contribution is 0.410. The molecular weight excluding hydrogens is 204 g/mol. The summed E-state index contributed by atoms with van der Waals surface area (Å²) in [6.45, 7) is 10.6.